The molecule has 0 fully saturated rings. The quantitative estimate of drug-likeness (QED) is 0.382. The number of benzene rings is 2. The molecule has 6 nitrogen and oxygen atoms in total. The summed E-state index contributed by atoms with van der Waals surface area (Å²) < 4.78 is 29.8. The molecule has 0 aliphatic heterocycles. The monoisotopic (exact) mass is 488 g/mol. The van der Waals surface area contributed by atoms with Gasteiger partial charge in [0, 0.05) is 34.8 Å². The Kier molecular flexibility index (Phi) is 7.69. The summed E-state index contributed by atoms with van der Waals surface area (Å²) in [6.45, 7) is 9.98. The molecule has 2 rings (SSSR count). The van der Waals surface area contributed by atoms with Gasteiger partial charge in [0.15, 0.2) is 17.0 Å². The molecule has 8 heteroatoms. The third-order valence-corrected chi connectivity index (χ3v) is 5.80. The van der Waals surface area contributed by atoms with E-state index < -0.39 is 52.7 Å². The maximum atomic E-state index is 14.9. The second-order valence-electron chi connectivity index (χ2n) is 10.8. The molecule has 0 saturated heterocycles. The second-order valence-corrected chi connectivity index (χ2v) is 10.8. The zero-order valence-electron chi connectivity index (χ0n) is 20.7. The topological polar surface area (TPSA) is 109 Å². The van der Waals surface area contributed by atoms with Crippen LogP contribution in [0.25, 0.3) is 0 Å². The van der Waals surface area contributed by atoms with Crippen molar-refractivity contribution in [2.45, 2.75) is 54.4 Å². The van der Waals surface area contributed by atoms with Gasteiger partial charge in [-0.05, 0) is 23.3 Å². The lowest BCUT2D eigenvalue weighted by Gasteiger charge is -2.26. The van der Waals surface area contributed by atoms with Crippen LogP contribution in [-0.4, -0.2) is 33.7 Å². The largest absolute Gasteiger partial charge is 0.480 e. The Balaban J connectivity index is 2.48. The van der Waals surface area contributed by atoms with E-state index in [1.54, 1.807) is 41.5 Å². The van der Waals surface area contributed by atoms with Gasteiger partial charge in [0.25, 0.3) is 0 Å². The zero-order valence-corrected chi connectivity index (χ0v) is 20.7. The highest BCUT2D eigenvalue weighted by atomic mass is 19.1. The molecule has 0 atom stereocenters. The van der Waals surface area contributed by atoms with Crippen LogP contribution in [0.3, 0.4) is 0 Å². The number of ketones is 2. The van der Waals surface area contributed by atoms with E-state index in [9.17, 15) is 38.2 Å². The minimum absolute atomic E-state index is 0.0696. The van der Waals surface area contributed by atoms with Crippen molar-refractivity contribution in [1.82, 2.24) is 0 Å². The molecule has 2 N–H and O–H groups in total. The molecule has 2 aromatic carbocycles. The third-order valence-electron chi connectivity index (χ3n) is 5.80. The number of rotatable bonds is 8. The number of hydrogen-bond donors (Lipinski definition) is 2. The number of carboxylic acid groups (broad SMARTS) is 2. The fourth-order valence-corrected chi connectivity index (χ4v) is 3.64. The van der Waals surface area contributed by atoms with Crippen molar-refractivity contribution in [2.24, 2.45) is 16.2 Å². The molecule has 0 aromatic heterocycles. The Hall–Kier alpha value is -3.42. The minimum Gasteiger partial charge on any atom is -0.480 e. The van der Waals surface area contributed by atoms with E-state index in [2.05, 4.69) is 0 Å². The molecule has 0 unspecified atom stereocenters. The first-order chi connectivity index (χ1) is 15.9. The van der Waals surface area contributed by atoms with Crippen LogP contribution in [0.2, 0.25) is 0 Å². The van der Waals surface area contributed by atoms with Crippen molar-refractivity contribution in [2.75, 3.05) is 0 Å². The van der Waals surface area contributed by atoms with Crippen molar-refractivity contribution in [3.8, 4) is 0 Å². The SMILES string of the molecule is CC(C)(C)C(=O)c1ccc(CC(Cc2ccc(C(=O)C(C)(C)C)cc2F)(C(=O)O)C(=O)O)c(F)c1. The van der Waals surface area contributed by atoms with Crippen molar-refractivity contribution in [1.29, 1.82) is 0 Å². The van der Waals surface area contributed by atoms with Crippen LogP contribution >= 0.6 is 0 Å². The third kappa shape index (κ3) is 5.99. The van der Waals surface area contributed by atoms with Gasteiger partial charge in [-0.1, -0.05) is 65.8 Å². The maximum absolute atomic E-state index is 14.9. The van der Waals surface area contributed by atoms with Crippen LogP contribution in [-0.2, 0) is 22.4 Å². The minimum atomic E-state index is -2.59. The van der Waals surface area contributed by atoms with Crippen LogP contribution in [0.4, 0.5) is 8.78 Å². The van der Waals surface area contributed by atoms with Gasteiger partial charge in [0.05, 0.1) is 0 Å². The summed E-state index contributed by atoms with van der Waals surface area (Å²) in [7, 11) is 0. The summed E-state index contributed by atoms with van der Waals surface area (Å²) >= 11 is 0. The predicted molar refractivity (Wildman–Crippen MR) is 125 cm³/mol. The standard InChI is InChI=1S/C27H30F2O6/c1-25(2,3)21(30)15-7-9-17(19(28)11-15)13-27(23(32)33,24(34)35)14-18-10-8-16(12-20(18)29)22(31)26(4,5)6/h7-12H,13-14H2,1-6H3,(H,32,33)(H,34,35). The first-order valence-electron chi connectivity index (χ1n) is 11.0. The first-order valence-corrected chi connectivity index (χ1v) is 11.0. The Labute approximate surface area is 203 Å². The van der Waals surface area contributed by atoms with Gasteiger partial charge in [-0.3, -0.25) is 19.2 Å². The van der Waals surface area contributed by atoms with Gasteiger partial charge in [-0.15, -0.1) is 0 Å². The van der Waals surface area contributed by atoms with Gasteiger partial charge in [0.2, 0.25) is 0 Å². The fraction of sp³-hybridized carbons (Fsp3) is 0.407. The molecule has 0 spiro atoms. The van der Waals surface area contributed by atoms with Crippen molar-refractivity contribution < 1.29 is 38.2 Å². The van der Waals surface area contributed by atoms with E-state index >= 15 is 0 Å². The molecular weight excluding hydrogens is 458 g/mol. The molecule has 0 amide bonds. The fourth-order valence-electron chi connectivity index (χ4n) is 3.64. The van der Waals surface area contributed by atoms with Gasteiger partial charge < -0.3 is 10.2 Å². The molecule has 0 heterocycles. The predicted octanol–water partition coefficient (Wildman–Crippen LogP) is 5.36. The highest BCUT2D eigenvalue weighted by Crippen LogP contribution is 2.33. The lowest BCUT2D eigenvalue weighted by molar-refractivity contribution is -0.164. The number of carbonyl (C=O) groups excluding carboxylic acids is 2. The average molecular weight is 489 g/mol. The number of aliphatic carboxylic acids is 2. The smallest absolute Gasteiger partial charge is 0.321 e. The molecule has 0 bridgehead atoms. The number of Topliss-reactive ketones (excluding diaryl/α,β-unsaturated/α-hetero) is 2. The summed E-state index contributed by atoms with van der Waals surface area (Å²) in [6, 6.07) is 6.88. The van der Waals surface area contributed by atoms with Crippen molar-refractivity contribution >= 4 is 23.5 Å². The molecule has 0 aliphatic rings. The van der Waals surface area contributed by atoms with Crippen LogP contribution in [0, 0.1) is 27.9 Å². The molecule has 35 heavy (non-hydrogen) atoms. The Bertz CT molecular complexity index is 1090. The number of carbonyl (C=O) groups is 4. The Morgan fingerprint density at radius 2 is 0.971 bits per heavy atom. The average Bonchev–Trinajstić information content (AvgIpc) is 2.72. The van der Waals surface area contributed by atoms with Gasteiger partial charge >= 0.3 is 11.9 Å². The van der Waals surface area contributed by atoms with E-state index in [0.29, 0.717) is 0 Å². The van der Waals surface area contributed by atoms with Crippen LogP contribution in [0.5, 0.6) is 0 Å². The van der Waals surface area contributed by atoms with Gasteiger partial charge in [-0.25, -0.2) is 8.78 Å². The van der Waals surface area contributed by atoms with E-state index in [1.165, 1.54) is 24.3 Å². The lowest BCUT2D eigenvalue weighted by atomic mass is 9.75. The number of hydrogen-bond acceptors (Lipinski definition) is 4. The van der Waals surface area contributed by atoms with E-state index in [1.807, 2.05) is 0 Å². The summed E-state index contributed by atoms with van der Waals surface area (Å²) in [5, 5.41) is 19.7. The van der Waals surface area contributed by atoms with Gasteiger partial charge in [-0.2, -0.15) is 0 Å². The zero-order chi connectivity index (χ0) is 26.9. The van der Waals surface area contributed by atoms with E-state index in [-0.39, 0.29) is 33.8 Å². The Morgan fingerprint density at radius 1 is 0.657 bits per heavy atom. The Morgan fingerprint density at radius 3 is 1.20 bits per heavy atom. The van der Waals surface area contributed by atoms with Crippen LogP contribution < -0.4 is 0 Å². The first kappa shape index (κ1) is 27.8. The molecule has 0 saturated carbocycles. The highest BCUT2D eigenvalue weighted by molar-refractivity contribution is 6.01. The summed E-state index contributed by atoms with van der Waals surface area (Å²) in [6.07, 6.45) is -1.56. The summed E-state index contributed by atoms with van der Waals surface area (Å²) in [4.78, 5) is 49.2. The summed E-state index contributed by atoms with van der Waals surface area (Å²) in [5.41, 5.74) is -4.48. The second kappa shape index (κ2) is 9.68. The normalized spacial score (nSPS) is 12.3. The lowest BCUT2D eigenvalue weighted by Crippen LogP contribution is -2.43. The molecule has 0 aliphatic carbocycles. The summed E-state index contributed by atoms with van der Waals surface area (Å²) in [5.74, 6) is -6.07. The van der Waals surface area contributed by atoms with Crippen molar-refractivity contribution in [3.05, 3.63) is 70.3 Å². The van der Waals surface area contributed by atoms with E-state index in [0.717, 1.165) is 12.1 Å². The van der Waals surface area contributed by atoms with Crippen LogP contribution in [0.15, 0.2) is 36.4 Å². The molecular formula is C27H30F2O6. The highest BCUT2D eigenvalue weighted by Gasteiger charge is 2.48. The van der Waals surface area contributed by atoms with Crippen LogP contribution in [0.1, 0.15) is 73.4 Å². The molecule has 2 aromatic rings. The van der Waals surface area contributed by atoms with Gasteiger partial charge in [0.1, 0.15) is 11.6 Å². The van der Waals surface area contributed by atoms with Crippen molar-refractivity contribution in [3.63, 3.8) is 0 Å². The number of halogens is 2. The number of carboxylic acids is 2. The molecule has 188 valence electrons. The molecule has 0 radical (unpaired) electrons. The maximum Gasteiger partial charge on any atom is 0.321 e. The van der Waals surface area contributed by atoms with E-state index in [4.69, 9.17) is 0 Å².